The summed E-state index contributed by atoms with van der Waals surface area (Å²) in [5.41, 5.74) is 0. The van der Waals surface area contributed by atoms with E-state index in [0.29, 0.717) is 6.42 Å². The monoisotopic (exact) mass is 822 g/mol. The molecule has 59 heavy (non-hydrogen) atoms. The predicted octanol–water partition coefficient (Wildman–Crippen LogP) is 16.6. The molecule has 2 unspecified atom stereocenters. The maximum absolute atomic E-state index is 12.4. The van der Waals surface area contributed by atoms with Gasteiger partial charge in [0.15, 0.2) is 0 Å². The van der Waals surface area contributed by atoms with Crippen LogP contribution in [0.25, 0.3) is 0 Å². The third kappa shape index (κ3) is 46.7. The van der Waals surface area contributed by atoms with Gasteiger partial charge in [0.05, 0.1) is 18.8 Å². The van der Waals surface area contributed by atoms with Crippen molar-refractivity contribution in [3.8, 4) is 0 Å². The second-order valence-electron chi connectivity index (χ2n) is 17.2. The minimum Gasteiger partial charge on any atom is -0.394 e. The number of hydrogen-bond donors (Lipinski definition) is 3. The number of rotatable bonds is 46. The van der Waals surface area contributed by atoms with E-state index in [0.717, 1.165) is 57.8 Å². The summed E-state index contributed by atoms with van der Waals surface area (Å²) in [6.45, 7) is 4.21. The van der Waals surface area contributed by atoms with E-state index in [9.17, 15) is 15.0 Å². The highest BCUT2D eigenvalue weighted by Crippen LogP contribution is 2.16. The van der Waals surface area contributed by atoms with Gasteiger partial charge in [0.2, 0.25) is 5.91 Å². The number of hydrogen-bond acceptors (Lipinski definition) is 3. The van der Waals surface area contributed by atoms with Crippen molar-refractivity contribution in [1.82, 2.24) is 5.32 Å². The van der Waals surface area contributed by atoms with Crippen molar-refractivity contribution in [2.75, 3.05) is 6.61 Å². The number of carbonyl (C=O) groups is 1. The normalized spacial score (nSPS) is 13.5. The Balaban J connectivity index is 3.57. The molecule has 0 heterocycles. The molecule has 342 valence electrons. The molecule has 0 rings (SSSR count). The number of allylic oxidation sites excluding steroid dienone is 11. The van der Waals surface area contributed by atoms with E-state index in [-0.39, 0.29) is 12.5 Å². The molecule has 4 nitrogen and oxygen atoms in total. The van der Waals surface area contributed by atoms with Crippen molar-refractivity contribution in [3.05, 3.63) is 72.9 Å². The van der Waals surface area contributed by atoms with Crippen molar-refractivity contribution < 1.29 is 15.0 Å². The Hall–Kier alpha value is -2.17. The van der Waals surface area contributed by atoms with Gasteiger partial charge >= 0.3 is 0 Å². The van der Waals surface area contributed by atoms with Gasteiger partial charge < -0.3 is 15.5 Å². The SMILES string of the molecule is CC/C=C\C/C=C\C/C=C\C/C=C\C/C=C\CCCCCCCCCCCC(=O)NC(CO)C(O)/C=C/CCCCCCCCCCCCCCCCCCCCCC. The number of carbonyl (C=O) groups excluding carboxylic acids is 1. The van der Waals surface area contributed by atoms with Gasteiger partial charge in [-0.2, -0.15) is 0 Å². The van der Waals surface area contributed by atoms with E-state index in [1.54, 1.807) is 6.08 Å². The van der Waals surface area contributed by atoms with E-state index < -0.39 is 12.1 Å². The minimum absolute atomic E-state index is 0.0712. The molecule has 0 bridgehead atoms. The Morgan fingerprint density at radius 1 is 0.424 bits per heavy atom. The molecule has 3 N–H and O–H groups in total. The maximum Gasteiger partial charge on any atom is 0.220 e. The summed E-state index contributed by atoms with van der Waals surface area (Å²) in [5.74, 6) is -0.0712. The van der Waals surface area contributed by atoms with Crippen LogP contribution in [0.1, 0.15) is 251 Å². The van der Waals surface area contributed by atoms with Crippen molar-refractivity contribution >= 4 is 5.91 Å². The number of unbranched alkanes of at least 4 members (excludes halogenated alkanes) is 29. The first kappa shape index (κ1) is 56.8. The van der Waals surface area contributed by atoms with Crippen molar-refractivity contribution in [3.63, 3.8) is 0 Å². The number of amides is 1. The highest BCUT2D eigenvalue weighted by Gasteiger charge is 2.18. The van der Waals surface area contributed by atoms with Crippen molar-refractivity contribution in [1.29, 1.82) is 0 Å². The molecule has 0 aliphatic carbocycles. The van der Waals surface area contributed by atoms with Gasteiger partial charge in [0.25, 0.3) is 0 Å². The Labute approximate surface area is 368 Å². The summed E-state index contributed by atoms with van der Waals surface area (Å²) < 4.78 is 0. The molecule has 0 aliphatic heterocycles. The minimum atomic E-state index is -0.846. The fourth-order valence-corrected chi connectivity index (χ4v) is 7.56. The topological polar surface area (TPSA) is 69.6 Å². The van der Waals surface area contributed by atoms with E-state index in [4.69, 9.17) is 0 Å². The highest BCUT2D eigenvalue weighted by molar-refractivity contribution is 5.76. The third-order valence-electron chi connectivity index (χ3n) is 11.4. The molecule has 0 aromatic carbocycles. The Bertz CT molecular complexity index is 1020. The zero-order chi connectivity index (χ0) is 42.8. The Morgan fingerprint density at radius 2 is 0.746 bits per heavy atom. The summed E-state index contributed by atoms with van der Waals surface area (Å²) >= 11 is 0. The lowest BCUT2D eigenvalue weighted by molar-refractivity contribution is -0.123. The maximum atomic E-state index is 12.4. The van der Waals surface area contributed by atoms with Gasteiger partial charge in [-0.05, 0) is 64.2 Å². The van der Waals surface area contributed by atoms with Gasteiger partial charge in [-0.15, -0.1) is 0 Å². The van der Waals surface area contributed by atoms with E-state index in [1.807, 2.05) is 6.08 Å². The van der Waals surface area contributed by atoms with Crippen LogP contribution in [0.15, 0.2) is 72.9 Å². The van der Waals surface area contributed by atoms with Crippen molar-refractivity contribution in [2.24, 2.45) is 0 Å². The van der Waals surface area contributed by atoms with Crippen LogP contribution in [0.2, 0.25) is 0 Å². The molecule has 0 fully saturated rings. The van der Waals surface area contributed by atoms with Crippen molar-refractivity contribution in [2.45, 2.75) is 264 Å². The van der Waals surface area contributed by atoms with Crippen LogP contribution in [-0.4, -0.2) is 34.9 Å². The van der Waals surface area contributed by atoms with Crippen LogP contribution in [0.3, 0.4) is 0 Å². The average molecular weight is 822 g/mol. The van der Waals surface area contributed by atoms with E-state index >= 15 is 0 Å². The van der Waals surface area contributed by atoms with Crippen LogP contribution < -0.4 is 5.32 Å². The molecule has 0 spiro atoms. The largest absolute Gasteiger partial charge is 0.394 e. The highest BCUT2D eigenvalue weighted by atomic mass is 16.3. The van der Waals surface area contributed by atoms with Gasteiger partial charge in [-0.3, -0.25) is 4.79 Å². The first-order valence-corrected chi connectivity index (χ1v) is 25.7. The Morgan fingerprint density at radius 3 is 1.12 bits per heavy atom. The average Bonchev–Trinajstić information content (AvgIpc) is 3.24. The van der Waals surface area contributed by atoms with E-state index in [1.165, 1.54) is 173 Å². The van der Waals surface area contributed by atoms with Crippen LogP contribution in [-0.2, 0) is 4.79 Å². The fourth-order valence-electron chi connectivity index (χ4n) is 7.56. The lowest BCUT2D eigenvalue weighted by atomic mass is 10.0. The molecule has 0 aliphatic rings. The lowest BCUT2D eigenvalue weighted by Crippen LogP contribution is -2.45. The number of aliphatic hydroxyl groups excluding tert-OH is 2. The summed E-state index contributed by atoms with van der Waals surface area (Å²) in [7, 11) is 0. The standard InChI is InChI=1S/C55H99NO3/c1-3-5-7-9-11-13-15-17-19-21-23-25-27-28-29-31-33-35-37-39-41-43-45-47-49-51-55(59)56-53(52-57)54(58)50-48-46-44-42-40-38-36-34-32-30-26-24-22-20-18-16-14-12-10-8-6-4-2/h5,7,11,13,17,19,23,25,28-29,48,50,53-54,57-58H,3-4,6,8-10,12,14-16,18,20-22,24,26-27,30-47,49,51-52H2,1-2H3,(H,56,59)/b7-5-,13-11-,19-17-,25-23-,29-28-,50-48+. The summed E-state index contributed by atoms with van der Waals surface area (Å²) in [6.07, 6.45) is 71.7. The summed E-state index contributed by atoms with van der Waals surface area (Å²) in [6, 6.07) is -0.630. The summed E-state index contributed by atoms with van der Waals surface area (Å²) in [5, 5.41) is 23.1. The van der Waals surface area contributed by atoms with E-state index in [2.05, 4.69) is 79.9 Å². The van der Waals surface area contributed by atoms with Crippen LogP contribution >= 0.6 is 0 Å². The molecule has 0 aromatic rings. The first-order valence-electron chi connectivity index (χ1n) is 25.7. The van der Waals surface area contributed by atoms with Gasteiger partial charge in [-0.1, -0.05) is 254 Å². The molecule has 0 aromatic heterocycles. The quantitative estimate of drug-likeness (QED) is 0.0423. The van der Waals surface area contributed by atoms with Gasteiger partial charge in [0, 0.05) is 6.42 Å². The van der Waals surface area contributed by atoms with Gasteiger partial charge in [0.1, 0.15) is 0 Å². The second-order valence-corrected chi connectivity index (χ2v) is 17.2. The zero-order valence-corrected chi connectivity index (χ0v) is 39.3. The molecule has 4 heteroatoms. The molecule has 0 radical (unpaired) electrons. The lowest BCUT2D eigenvalue weighted by Gasteiger charge is -2.20. The van der Waals surface area contributed by atoms with Crippen LogP contribution in [0.4, 0.5) is 0 Å². The molecule has 2 atom stereocenters. The molecular weight excluding hydrogens is 723 g/mol. The zero-order valence-electron chi connectivity index (χ0n) is 39.3. The number of nitrogens with one attached hydrogen (secondary N) is 1. The first-order chi connectivity index (χ1) is 29.2. The second kappa shape index (κ2) is 50.2. The summed E-state index contributed by atoms with van der Waals surface area (Å²) in [4.78, 5) is 12.4. The Kier molecular flexibility index (Phi) is 48.3. The molecular formula is C55H99NO3. The predicted molar refractivity (Wildman–Crippen MR) is 262 cm³/mol. The van der Waals surface area contributed by atoms with Gasteiger partial charge in [-0.25, -0.2) is 0 Å². The molecule has 0 saturated heterocycles. The van der Waals surface area contributed by atoms with Crippen LogP contribution in [0.5, 0.6) is 0 Å². The molecule has 1 amide bonds. The smallest absolute Gasteiger partial charge is 0.220 e. The molecule has 0 saturated carbocycles. The fraction of sp³-hybridized carbons (Fsp3) is 0.764. The third-order valence-corrected chi connectivity index (χ3v) is 11.4. The van der Waals surface area contributed by atoms with Crippen LogP contribution in [0, 0.1) is 0 Å². The number of aliphatic hydroxyl groups is 2.